The molecule has 0 aliphatic carbocycles. The monoisotopic (exact) mass is 522 g/mol. The van der Waals surface area contributed by atoms with Crippen molar-refractivity contribution >= 4 is 23.5 Å². The quantitative estimate of drug-likeness (QED) is 0.334. The van der Waals surface area contributed by atoms with Gasteiger partial charge in [0.2, 0.25) is 11.6 Å². The van der Waals surface area contributed by atoms with Gasteiger partial charge in [-0.2, -0.15) is 0 Å². The molecule has 37 heavy (non-hydrogen) atoms. The molecule has 1 amide bonds. The Balaban J connectivity index is 1.71. The van der Waals surface area contributed by atoms with Crippen LogP contribution in [0.15, 0.2) is 60.7 Å². The second-order valence-corrected chi connectivity index (χ2v) is 8.18. The number of rotatable bonds is 9. The maximum absolute atomic E-state index is 13.0. The summed E-state index contributed by atoms with van der Waals surface area (Å²) in [6, 6.07) is 16.5. The maximum atomic E-state index is 13.0. The largest absolute Gasteiger partial charge is 0.493 e. The van der Waals surface area contributed by atoms with Crippen LogP contribution in [0.25, 0.3) is 17.1 Å². The molecule has 2 N–H and O–H groups in total. The van der Waals surface area contributed by atoms with Gasteiger partial charge in [-0.3, -0.25) is 4.79 Å². The van der Waals surface area contributed by atoms with E-state index in [1.54, 1.807) is 48.5 Å². The van der Waals surface area contributed by atoms with Crippen molar-refractivity contribution < 1.29 is 28.9 Å². The summed E-state index contributed by atoms with van der Waals surface area (Å²) in [6.45, 7) is 0.160. The van der Waals surface area contributed by atoms with E-state index in [4.69, 9.17) is 30.9 Å². The third-order valence-corrected chi connectivity index (χ3v) is 5.71. The Hall–Kier alpha value is -4.57. The predicted octanol–water partition coefficient (Wildman–Crippen LogP) is 4.24. The van der Waals surface area contributed by atoms with Crippen LogP contribution in [-0.2, 0) is 6.54 Å². The number of amides is 1. The van der Waals surface area contributed by atoms with Crippen molar-refractivity contribution in [3.8, 4) is 34.3 Å². The molecule has 190 valence electrons. The van der Waals surface area contributed by atoms with Gasteiger partial charge in [0.1, 0.15) is 0 Å². The lowest BCUT2D eigenvalue weighted by atomic mass is 10.1. The molecule has 0 spiro atoms. The van der Waals surface area contributed by atoms with Gasteiger partial charge in [-0.15, -0.1) is 5.10 Å². The summed E-state index contributed by atoms with van der Waals surface area (Å²) in [5.41, 5.74) is 2.08. The summed E-state index contributed by atoms with van der Waals surface area (Å²) in [4.78, 5) is 28.5. The first-order chi connectivity index (χ1) is 17.8. The second kappa shape index (κ2) is 11.0. The molecule has 3 aromatic carbocycles. The third kappa shape index (κ3) is 5.49. The van der Waals surface area contributed by atoms with Crippen LogP contribution in [0.4, 0.5) is 0 Å². The summed E-state index contributed by atoms with van der Waals surface area (Å²) in [5, 5.41) is 16.8. The van der Waals surface area contributed by atoms with Gasteiger partial charge in [-0.05, 0) is 54.1 Å². The third-order valence-electron chi connectivity index (χ3n) is 5.46. The van der Waals surface area contributed by atoms with Crippen LogP contribution in [0.2, 0.25) is 5.02 Å². The van der Waals surface area contributed by atoms with E-state index in [2.05, 4.69) is 15.4 Å². The number of carboxylic acids is 1. The average molecular weight is 523 g/mol. The summed E-state index contributed by atoms with van der Waals surface area (Å²) in [6.07, 6.45) is 0. The van der Waals surface area contributed by atoms with Crippen molar-refractivity contribution in [2.75, 3.05) is 21.3 Å². The van der Waals surface area contributed by atoms with Crippen LogP contribution in [0.5, 0.6) is 17.2 Å². The standard InChI is InChI=1S/C26H23ClN4O6/c1-35-20-12-17(13-21(36-2)22(20)37-3)24-29-23(30-31(24)19-10-8-18(27)9-11-19)25(32)28-14-15-4-6-16(7-5-15)26(33)34/h4-13H,14H2,1-3H3,(H,28,32)(H,33,34). The average Bonchev–Trinajstić information content (AvgIpc) is 3.37. The lowest BCUT2D eigenvalue weighted by molar-refractivity contribution is 0.0696. The lowest BCUT2D eigenvalue weighted by Crippen LogP contribution is -2.24. The maximum Gasteiger partial charge on any atom is 0.335 e. The highest BCUT2D eigenvalue weighted by atomic mass is 35.5. The fourth-order valence-corrected chi connectivity index (χ4v) is 3.72. The molecule has 1 heterocycles. The van der Waals surface area contributed by atoms with E-state index in [0.29, 0.717) is 39.3 Å². The van der Waals surface area contributed by atoms with E-state index >= 15 is 0 Å². The number of nitrogens with one attached hydrogen (secondary N) is 1. The van der Waals surface area contributed by atoms with Gasteiger partial charge >= 0.3 is 5.97 Å². The Morgan fingerprint density at radius 1 is 0.946 bits per heavy atom. The summed E-state index contributed by atoms with van der Waals surface area (Å²) < 4.78 is 17.9. The zero-order chi connectivity index (χ0) is 26.5. The van der Waals surface area contributed by atoms with Gasteiger partial charge in [0, 0.05) is 17.1 Å². The molecule has 11 heteroatoms. The van der Waals surface area contributed by atoms with E-state index in [-0.39, 0.29) is 17.9 Å². The zero-order valence-corrected chi connectivity index (χ0v) is 20.9. The summed E-state index contributed by atoms with van der Waals surface area (Å²) in [5.74, 6) is 0.00350. The Morgan fingerprint density at radius 2 is 1.57 bits per heavy atom. The minimum absolute atomic E-state index is 0.0687. The molecule has 0 radical (unpaired) electrons. The molecule has 0 saturated heterocycles. The summed E-state index contributed by atoms with van der Waals surface area (Å²) >= 11 is 6.06. The number of benzene rings is 3. The molecule has 0 aliphatic heterocycles. The first-order valence-electron chi connectivity index (χ1n) is 11.0. The number of aromatic carboxylic acids is 1. The van der Waals surface area contributed by atoms with Gasteiger partial charge < -0.3 is 24.6 Å². The smallest absolute Gasteiger partial charge is 0.335 e. The van der Waals surface area contributed by atoms with Crippen LogP contribution in [0.1, 0.15) is 26.5 Å². The SMILES string of the molecule is COc1cc(-c2nc(C(=O)NCc3ccc(C(=O)O)cc3)nn2-c2ccc(Cl)cc2)cc(OC)c1OC. The van der Waals surface area contributed by atoms with Crippen molar-refractivity contribution in [3.05, 3.63) is 82.6 Å². The van der Waals surface area contributed by atoms with Crippen molar-refractivity contribution in [3.63, 3.8) is 0 Å². The molecule has 0 saturated carbocycles. The number of nitrogens with zero attached hydrogens (tertiary/aromatic N) is 3. The molecule has 1 aromatic heterocycles. The van der Waals surface area contributed by atoms with E-state index in [0.717, 1.165) is 5.56 Å². The van der Waals surface area contributed by atoms with Gasteiger partial charge in [0.05, 0.1) is 32.6 Å². The lowest BCUT2D eigenvalue weighted by Gasteiger charge is -2.14. The number of halogens is 1. The Kier molecular flexibility index (Phi) is 7.59. The number of hydrogen-bond acceptors (Lipinski definition) is 7. The minimum Gasteiger partial charge on any atom is -0.493 e. The van der Waals surface area contributed by atoms with Gasteiger partial charge in [-0.1, -0.05) is 23.7 Å². The number of carbonyl (C=O) groups is 2. The first kappa shape index (κ1) is 25.5. The van der Waals surface area contributed by atoms with Crippen LogP contribution in [0.3, 0.4) is 0 Å². The molecular formula is C26H23ClN4O6. The van der Waals surface area contributed by atoms with E-state index in [1.165, 1.54) is 38.1 Å². The normalized spacial score (nSPS) is 10.6. The first-order valence-corrected chi connectivity index (χ1v) is 11.4. The van der Waals surface area contributed by atoms with Crippen molar-refractivity contribution in [1.82, 2.24) is 20.1 Å². The number of methoxy groups -OCH3 is 3. The molecule has 10 nitrogen and oxygen atoms in total. The fourth-order valence-electron chi connectivity index (χ4n) is 3.59. The molecule has 0 unspecified atom stereocenters. The molecule has 4 aromatic rings. The van der Waals surface area contributed by atoms with Gasteiger partial charge in [-0.25, -0.2) is 14.5 Å². The molecule has 0 bridgehead atoms. The van der Waals surface area contributed by atoms with Gasteiger partial charge in [0.25, 0.3) is 5.91 Å². The highest BCUT2D eigenvalue weighted by Crippen LogP contribution is 2.41. The van der Waals surface area contributed by atoms with Crippen LogP contribution >= 0.6 is 11.6 Å². The molecular weight excluding hydrogens is 500 g/mol. The zero-order valence-electron chi connectivity index (χ0n) is 20.2. The van der Waals surface area contributed by atoms with Crippen molar-refractivity contribution in [2.45, 2.75) is 6.54 Å². The van der Waals surface area contributed by atoms with Crippen molar-refractivity contribution in [2.24, 2.45) is 0 Å². The van der Waals surface area contributed by atoms with Gasteiger partial charge in [0.15, 0.2) is 17.3 Å². The Bertz CT molecular complexity index is 1410. The van der Waals surface area contributed by atoms with Crippen molar-refractivity contribution in [1.29, 1.82) is 0 Å². The Morgan fingerprint density at radius 3 is 2.11 bits per heavy atom. The molecule has 4 rings (SSSR count). The second-order valence-electron chi connectivity index (χ2n) is 7.75. The molecule has 0 aliphatic rings. The van der Waals surface area contributed by atoms with Crippen LogP contribution in [-0.4, -0.2) is 53.1 Å². The fraction of sp³-hybridized carbons (Fsp3) is 0.154. The topological polar surface area (TPSA) is 125 Å². The molecule has 0 atom stereocenters. The highest BCUT2D eigenvalue weighted by Gasteiger charge is 2.22. The van der Waals surface area contributed by atoms with Crippen LogP contribution in [0, 0.1) is 0 Å². The highest BCUT2D eigenvalue weighted by molar-refractivity contribution is 6.30. The van der Waals surface area contributed by atoms with E-state index in [1.807, 2.05) is 0 Å². The minimum atomic E-state index is -1.02. The molecule has 0 fully saturated rings. The predicted molar refractivity (Wildman–Crippen MR) is 136 cm³/mol. The van der Waals surface area contributed by atoms with E-state index in [9.17, 15) is 9.59 Å². The number of carboxylic acid groups (broad SMARTS) is 1. The van der Waals surface area contributed by atoms with Crippen LogP contribution < -0.4 is 19.5 Å². The summed E-state index contributed by atoms with van der Waals surface area (Å²) in [7, 11) is 4.52. The number of hydrogen-bond donors (Lipinski definition) is 2. The number of ether oxygens (including phenoxy) is 3. The van der Waals surface area contributed by atoms with E-state index < -0.39 is 11.9 Å². The number of aromatic nitrogens is 3. The number of carbonyl (C=O) groups excluding carboxylic acids is 1. The Labute approximate surface area is 217 Å².